The first-order valence-electron chi connectivity index (χ1n) is 6.22. The average molecular weight is 319 g/mol. The molecular formula is C15H11ClN2O2S. The summed E-state index contributed by atoms with van der Waals surface area (Å²) in [5.74, 6) is 1.17. The van der Waals surface area contributed by atoms with Crippen LogP contribution in [-0.4, -0.2) is 10.9 Å². The van der Waals surface area contributed by atoms with Crippen LogP contribution in [0, 0.1) is 6.92 Å². The van der Waals surface area contributed by atoms with Crippen molar-refractivity contribution in [3.8, 4) is 10.8 Å². The third-order valence-corrected chi connectivity index (χ3v) is 4.00. The van der Waals surface area contributed by atoms with Crippen LogP contribution in [0.25, 0.3) is 10.8 Å². The first kappa shape index (κ1) is 13.9. The van der Waals surface area contributed by atoms with Crippen LogP contribution in [0.2, 0.25) is 5.02 Å². The highest BCUT2D eigenvalue weighted by Crippen LogP contribution is 2.26. The Morgan fingerprint density at radius 2 is 2.10 bits per heavy atom. The maximum absolute atomic E-state index is 12.2. The van der Waals surface area contributed by atoms with Crippen molar-refractivity contribution in [3.63, 3.8) is 0 Å². The zero-order valence-corrected chi connectivity index (χ0v) is 12.7. The summed E-state index contributed by atoms with van der Waals surface area (Å²) >= 11 is 7.37. The molecule has 0 saturated heterocycles. The first-order chi connectivity index (χ1) is 10.1. The van der Waals surface area contributed by atoms with Crippen molar-refractivity contribution >= 4 is 34.5 Å². The van der Waals surface area contributed by atoms with Crippen LogP contribution < -0.4 is 5.32 Å². The van der Waals surface area contributed by atoms with E-state index in [1.807, 2.05) is 19.1 Å². The second kappa shape index (κ2) is 5.71. The Balaban J connectivity index is 1.80. The minimum atomic E-state index is -0.297. The molecule has 0 bridgehead atoms. The zero-order valence-electron chi connectivity index (χ0n) is 11.1. The number of anilines is 1. The quantitative estimate of drug-likeness (QED) is 0.766. The molecule has 1 N–H and O–H groups in total. The van der Waals surface area contributed by atoms with E-state index in [1.54, 1.807) is 29.6 Å². The Bertz CT molecular complexity index is 794. The van der Waals surface area contributed by atoms with Crippen molar-refractivity contribution in [2.45, 2.75) is 6.92 Å². The van der Waals surface area contributed by atoms with Gasteiger partial charge in [-0.2, -0.15) is 0 Å². The Hall–Kier alpha value is -2.11. The molecule has 0 fully saturated rings. The van der Waals surface area contributed by atoms with Gasteiger partial charge in [-0.05, 0) is 31.2 Å². The smallest absolute Gasteiger partial charge is 0.275 e. The largest absolute Gasteiger partial charge is 0.459 e. The number of rotatable bonds is 3. The summed E-state index contributed by atoms with van der Waals surface area (Å²) in [6.45, 7) is 1.86. The van der Waals surface area contributed by atoms with E-state index in [2.05, 4.69) is 10.3 Å². The molecule has 4 nitrogen and oxygen atoms in total. The molecule has 6 heteroatoms. The monoisotopic (exact) mass is 318 g/mol. The number of benzene rings is 1. The van der Waals surface area contributed by atoms with E-state index in [0.29, 0.717) is 27.2 Å². The van der Waals surface area contributed by atoms with Gasteiger partial charge < -0.3 is 9.73 Å². The molecule has 1 amide bonds. The van der Waals surface area contributed by atoms with Crippen molar-refractivity contribution in [3.05, 3.63) is 58.3 Å². The predicted molar refractivity (Wildman–Crippen MR) is 84.0 cm³/mol. The standard InChI is InChI=1S/C15H11ClN2O2S/c1-9-6-7-13(20-9)15-18-12(8-21-15)14(19)17-11-5-3-2-4-10(11)16/h2-8H,1H3,(H,17,19). The fraction of sp³-hybridized carbons (Fsp3) is 0.0667. The molecule has 3 rings (SSSR count). The lowest BCUT2D eigenvalue weighted by Crippen LogP contribution is -2.12. The molecule has 0 spiro atoms. The molecule has 0 aliphatic heterocycles. The van der Waals surface area contributed by atoms with Gasteiger partial charge in [-0.1, -0.05) is 23.7 Å². The molecule has 0 unspecified atom stereocenters. The van der Waals surface area contributed by atoms with Crippen LogP contribution in [0.15, 0.2) is 46.2 Å². The van der Waals surface area contributed by atoms with Gasteiger partial charge in [-0.3, -0.25) is 4.79 Å². The second-order valence-corrected chi connectivity index (χ2v) is 5.65. The van der Waals surface area contributed by atoms with Crippen LogP contribution in [0.3, 0.4) is 0 Å². The third-order valence-electron chi connectivity index (χ3n) is 2.81. The minimum absolute atomic E-state index is 0.297. The number of carbonyl (C=O) groups excluding carboxylic acids is 1. The fourth-order valence-electron chi connectivity index (χ4n) is 1.79. The normalized spacial score (nSPS) is 10.6. The van der Waals surface area contributed by atoms with Gasteiger partial charge in [-0.15, -0.1) is 11.3 Å². The number of carbonyl (C=O) groups is 1. The van der Waals surface area contributed by atoms with Gasteiger partial charge in [0.15, 0.2) is 10.8 Å². The van der Waals surface area contributed by atoms with Crippen molar-refractivity contribution in [2.24, 2.45) is 0 Å². The molecule has 106 valence electrons. The third kappa shape index (κ3) is 2.99. The summed E-state index contributed by atoms with van der Waals surface area (Å²) < 4.78 is 5.50. The zero-order chi connectivity index (χ0) is 14.8. The Labute approximate surface area is 130 Å². The summed E-state index contributed by atoms with van der Waals surface area (Å²) in [5, 5.41) is 5.60. The molecule has 0 saturated carbocycles. The van der Waals surface area contributed by atoms with Crippen molar-refractivity contribution in [2.75, 3.05) is 5.32 Å². The van der Waals surface area contributed by atoms with E-state index in [0.717, 1.165) is 5.76 Å². The van der Waals surface area contributed by atoms with Crippen LogP contribution in [0.4, 0.5) is 5.69 Å². The SMILES string of the molecule is Cc1ccc(-c2nc(C(=O)Nc3ccccc3Cl)cs2)o1. The van der Waals surface area contributed by atoms with E-state index in [9.17, 15) is 4.79 Å². The van der Waals surface area contributed by atoms with E-state index in [4.69, 9.17) is 16.0 Å². The maximum atomic E-state index is 12.2. The molecule has 21 heavy (non-hydrogen) atoms. The summed E-state index contributed by atoms with van der Waals surface area (Å²) in [5.41, 5.74) is 0.900. The van der Waals surface area contributed by atoms with E-state index in [1.165, 1.54) is 11.3 Å². The number of halogens is 1. The highest BCUT2D eigenvalue weighted by Gasteiger charge is 2.14. The van der Waals surface area contributed by atoms with E-state index >= 15 is 0 Å². The molecule has 2 aromatic heterocycles. The number of hydrogen-bond donors (Lipinski definition) is 1. The lowest BCUT2D eigenvalue weighted by molar-refractivity contribution is 0.102. The highest BCUT2D eigenvalue weighted by molar-refractivity contribution is 7.13. The average Bonchev–Trinajstić information content (AvgIpc) is 3.10. The van der Waals surface area contributed by atoms with E-state index < -0.39 is 0 Å². The lowest BCUT2D eigenvalue weighted by atomic mass is 10.3. The first-order valence-corrected chi connectivity index (χ1v) is 7.47. The summed E-state index contributed by atoms with van der Waals surface area (Å²) in [7, 11) is 0. The number of aryl methyl sites for hydroxylation is 1. The molecule has 0 atom stereocenters. The minimum Gasteiger partial charge on any atom is -0.459 e. The van der Waals surface area contributed by atoms with Crippen LogP contribution in [0.5, 0.6) is 0 Å². The van der Waals surface area contributed by atoms with Gasteiger partial charge in [0, 0.05) is 5.38 Å². The maximum Gasteiger partial charge on any atom is 0.275 e. The molecule has 0 aliphatic carbocycles. The van der Waals surface area contributed by atoms with Crippen LogP contribution in [-0.2, 0) is 0 Å². The summed E-state index contributed by atoms with van der Waals surface area (Å²) in [6, 6.07) is 10.8. The van der Waals surface area contributed by atoms with Crippen molar-refractivity contribution in [1.29, 1.82) is 0 Å². The Morgan fingerprint density at radius 3 is 2.81 bits per heavy atom. The van der Waals surface area contributed by atoms with Gasteiger partial charge >= 0.3 is 0 Å². The molecule has 3 aromatic rings. The number of para-hydroxylation sites is 1. The van der Waals surface area contributed by atoms with E-state index in [-0.39, 0.29) is 5.91 Å². The Morgan fingerprint density at radius 1 is 1.29 bits per heavy atom. The number of thiazole rings is 1. The molecular weight excluding hydrogens is 308 g/mol. The lowest BCUT2D eigenvalue weighted by Gasteiger charge is -2.04. The van der Waals surface area contributed by atoms with Gasteiger partial charge in [0.05, 0.1) is 10.7 Å². The van der Waals surface area contributed by atoms with Crippen molar-refractivity contribution in [1.82, 2.24) is 4.98 Å². The van der Waals surface area contributed by atoms with Gasteiger partial charge in [0.25, 0.3) is 5.91 Å². The number of nitrogens with zero attached hydrogens (tertiary/aromatic N) is 1. The number of amides is 1. The summed E-state index contributed by atoms with van der Waals surface area (Å²) in [6.07, 6.45) is 0. The highest BCUT2D eigenvalue weighted by atomic mass is 35.5. The van der Waals surface area contributed by atoms with Crippen molar-refractivity contribution < 1.29 is 9.21 Å². The van der Waals surface area contributed by atoms with Gasteiger partial charge in [0.1, 0.15) is 11.5 Å². The number of hydrogen-bond acceptors (Lipinski definition) is 4. The molecule has 1 aromatic carbocycles. The summed E-state index contributed by atoms with van der Waals surface area (Å²) in [4.78, 5) is 16.4. The van der Waals surface area contributed by atoms with Gasteiger partial charge in [0.2, 0.25) is 0 Å². The molecule has 0 aliphatic rings. The number of furan rings is 1. The molecule has 0 radical (unpaired) electrons. The number of nitrogens with one attached hydrogen (secondary N) is 1. The second-order valence-electron chi connectivity index (χ2n) is 4.38. The Kier molecular flexibility index (Phi) is 3.77. The predicted octanol–water partition coefficient (Wildman–Crippen LogP) is 4.62. The van der Waals surface area contributed by atoms with Crippen LogP contribution >= 0.6 is 22.9 Å². The topological polar surface area (TPSA) is 55.1 Å². The number of aromatic nitrogens is 1. The molecule has 2 heterocycles. The van der Waals surface area contributed by atoms with Gasteiger partial charge in [-0.25, -0.2) is 4.98 Å². The van der Waals surface area contributed by atoms with Crippen LogP contribution in [0.1, 0.15) is 16.2 Å². The fourth-order valence-corrected chi connectivity index (χ4v) is 2.73.